The number of aliphatic hydroxyl groups is 1. The van der Waals surface area contributed by atoms with Crippen LogP contribution < -0.4 is 5.32 Å². The highest BCUT2D eigenvalue weighted by Gasteiger charge is 2.11. The molecule has 0 aromatic rings. The van der Waals surface area contributed by atoms with Gasteiger partial charge in [-0.1, -0.05) is 0 Å². The molecule has 1 heterocycles. The van der Waals surface area contributed by atoms with Crippen LogP contribution in [0.5, 0.6) is 0 Å². The molecule has 1 fully saturated rings. The van der Waals surface area contributed by atoms with E-state index in [-0.39, 0.29) is 12.8 Å². The van der Waals surface area contributed by atoms with E-state index in [2.05, 4.69) is 5.32 Å². The van der Waals surface area contributed by atoms with Crippen molar-refractivity contribution in [3.8, 4) is 0 Å². The molecule has 1 radical (unpaired) electrons. The summed E-state index contributed by atoms with van der Waals surface area (Å²) in [5.74, 6) is 0. The van der Waals surface area contributed by atoms with Crippen molar-refractivity contribution >= 4 is 0 Å². The van der Waals surface area contributed by atoms with E-state index in [1.807, 2.05) is 0 Å². The van der Waals surface area contributed by atoms with Crippen LogP contribution in [0, 0.1) is 6.54 Å². The topological polar surface area (TPSA) is 41.5 Å². The van der Waals surface area contributed by atoms with Crippen molar-refractivity contribution in [3.05, 3.63) is 6.54 Å². The summed E-state index contributed by atoms with van der Waals surface area (Å²) in [7, 11) is 0. The zero-order chi connectivity index (χ0) is 5.11. The van der Waals surface area contributed by atoms with Gasteiger partial charge in [0.1, 0.15) is 6.23 Å². The highest BCUT2D eigenvalue weighted by molar-refractivity contribution is 4.71. The molecule has 2 N–H and O–H groups in total. The van der Waals surface area contributed by atoms with Crippen LogP contribution in [0.1, 0.15) is 0 Å². The molecule has 1 rings (SSSR count). The van der Waals surface area contributed by atoms with E-state index in [1.165, 1.54) is 0 Å². The van der Waals surface area contributed by atoms with Gasteiger partial charge in [0.2, 0.25) is 0 Å². The molecule has 0 spiro atoms. The van der Waals surface area contributed by atoms with Crippen LogP contribution in [0.2, 0.25) is 0 Å². The Bertz CT molecular complexity index is 51.7. The predicted octanol–water partition coefficient (Wildman–Crippen LogP) is -0.914. The van der Waals surface area contributed by atoms with E-state index in [4.69, 9.17) is 9.84 Å². The lowest BCUT2D eigenvalue weighted by molar-refractivity contribution is 0.0495. The minimum absolute atomic E-state index is 0.0521. The first-order valence-corrected chi connectivity index (χ1v) is 2.23. The zero-order valence-electron chi connectivity index (χ0n) is 3.92. The minimum atomic E-state index is -0.153. The molecule has 41 valence electrons. The highest BCUT2D eigenvalue weighted by atomic mass is 16.5. The Morgan fingerprint density at radius 1 is 2.00 bits per heavy atom. The van der Waals surface area contributed by atoms with Gasteiger partial charge in [-0.3, -0.25) is 5.32 Å². The Morgan fingerprint density at radius 3 is 3.14 bits per heavy atom. The summed E-state index contributed by atoms with van der Waals surface area (Å²) in [4.78, 5) is 0. The summed E-state index contributed by atoms with van der Waals surface area (Å²) in [6, 6.07) is 0. The number of aliphatic hydroxyl groups excluding tert-OH is 1. The maximum Gasteiger partial charge on any atom is 0.131 e. The second-order valence-corrected chi connectivity index (χ2v) is 1.38. The largest absolute Gasteiger partial charge is 0.392 e. The van der Waals surface area contributed by atoms with Crippen LogP contribution in [-0.4, -0.2) is 24.5 Å². The first-order valence-electron chi connectivity index (χ1n) is 2.23. The molecule has 3 heteroatoms. The van der Waals surface area contributed by atoms with E-state index >= 15 is 0 Å². The average molecular weight is 102 g/mol. The molecule has 0 aliphatic carbocycles. The zero-order valence-corrected chi connectivity index (χ0v) is 3.92. The van der Waals surface area contributed by atoms with Crippen LogP contribution in [0.3, 0.4) is 0 Å². The maximum absolute atomic E-state index is 8.36. The van der Waals surface area contributed by atoms with E-state index in [0.29, 0.717) is 6.61 Å². The van der Waals surface area contributed by atoms with Gasteiger partial charge in [-0.2, -0.15) is 0 Å². The standard InChI is InChI=1S/C4H8NO2/c6-3-4-5-1-2-7-4/h1,4-6H,2-3H2. The molecule has 0 aromatic heterocycles. The number of rotatable bonds is 1. The van der Waals surface area contributed by atoms with Crippen molar-refractivity contribution in [1.29, 1.82) is 0 Å². The van der Waals surface area contributed by atoms with Crippen molar-refractivity contribution < 1.29 is 9.84 Å². The number of hydrogen-bond donors (Lipinski definition) is 2. The van der Waals surface area contributed by atoms with Gasteiger partial charge in [-0.25, -0.2) is 0 Å². The van der Waals surface area contributed by atoms with Crippen molar-refractivity contribution in [2.75, 3.05) is 13.2 Å². The lowest BCUT2D eigenvalue weighted by atomic mass is 10.6. The SMILES string of the molecule is OCC1N[CH]CO1. The summed E-state index contributed by atoms with van der Waals surface area (Å²) in [6.07, 6.45) is -0.153. The van der Waals surface area contributed by atoms with Gasteiger partial charge in [0.05, 0.1) is 19.8 Å². The quantitative estimate of drug-likeness (QED) is 0.450. The number of ether oxygens (including phenoxy) is 1. The fourth-order valence-electron chi connectivity index (χ4n) is 0.497. The van der Waals surface area contributed by atoms with E-state index in [1.54, 1.807) is 6.54 Å². The maximum atomic E-state index is 8.36. The fourth-order valence-corrected chi connectivity index (χ4v) is 0.497. The predicted molar refractivity (Wildman–Crippen MR) is 24.3 cm³/mol. The molecule has 1 atom stereocenters. The molecular formula is C4H8NO2. The normalized spacial score (nSPS) is 31.3. The summed E-state index contributed by atoms with van der Waals surface area (Å²) >= 11 is 0. The Balaban J connectivity index is 2.14. The van der Waals surface area contributed by atoms with E-state index in [9.17, 15) is 0 Å². The summed E-state index contributed by atoms with van der Waals surface area (Å²) in [5, 5.41) is 11.2. The van der Waals surface area contributed by atoms with Crippen molar-refractivity contribution in [2.45, 2.75) is 6.23 Å². The second-order valence-electron chi connectivity index (χ2n) is 1.38. The third-order valence-electron chi connectivity index (χ3n) is 0.850. The minimum Gasteiger partial charge on any atom is -0.392 e. The van der Waals surface area contributed by atoms with Crippen molar-refractivity contribution in [3.63, 3.8) is 0 Å². The second kappa shape index (κ2) is 2.26. The van der Waals surface area contributed by atoms with Crippen molar-refractivity contribution in [1.82, 2.24) is 5.32 Å². The third-order valence-corrected chi connectivity index (χ3v) is 0.850. The van der Waals surface area contributed by atoms with Gasteiger partial charge >= 0.3 is 0 Å². The lowest BCUT2D eigenvalue weighted by Crippen LogP contribution is -2.24. The molecule has 1 unspecified atom stereocenters. The molecule has 0 aromatic carbocycles. The van der Waals surface area contributed by atoms with Gasteiger partial charge in [0, 0.05) is 0 Å². The smallest absolute Gasteiger partial charge is 0.131 e. The van der Waals surface area contributed by atoms with Gasteiger partial charge in [-0.05, 0) is 0 Å². The summed E-state index contributed by atoms with van der Waals surface area (Å²) < 4.78 is 4.89. The highest BCUT2D eigenvalue weighted by Crippen LogP contribution is 1.94. The van der Waals surface area contributed by atoms with Gasteiger partial charge < -0.3 is 9.84 Å². The van der Waals surface area contributed by atoms with Crippen LogP contribution in [0.4, 0.5) is 0 Å². The number of nitrogens with one attached hydrogen (secondary N) is 1. The number of hydrogen-bond acceptors (Lipinski definition) is 3. The van der Waals surface area contributed by atoms with Gasteiger partial charge in [-0.15, -0.1) is 0 Å². The van der Waals surface area contributed by atoms with Crippen LogP contribution in [-0.2, 0) is 4.74 Å². The first-order chi connectivity index (χ1) is 3.43. The molecular weight excluding hydrogens is 94.0 g/mol. The monoisotopic (exact) mass is 102 g/mol. The van der Waals surface area contributed by atoms with Crippen LogP contribution in [0.25, 0.3) is 0 Å². The first kappa shape index (κ1) is 5.03. The van der Waals surface area contributed by atoms with Crippen LogP contribution in [0.15, 0.2) is 0 Å². The Labute approximate surface area is 42.3 Å². The molecule has 1 aliphatic heterocycles. The molecule has 0 bridgehead atoms. The Morgan fingerprint density at radius 2 is 2.86 bits per heavy atom. The molecule has 1 saturated heterocycles. The Hall–Kier alpha value is -0.120. The van der Waals surface area contributed by atoms with E-state index in [0.717, 1.165) is 0 Å². The van der Waals surface area contributed by atoms with Crippen LogP contribution >= 0.6 is 0 Å². The van der Waals surface area contributed by atoms with Gasteiger partial charge in [0.25, 0.3) is 0 Å². The van der Waals surface area contributed by atoms with Crippen molar-refractivity contribution in [2.24, 2.45) is 0 Å². The summed E-state index contributed by atoms with van der Waals surface area (Å²) in [5.41, 5.74) is 0. The molecule has 3 nitrogen and oxygen atoms in total. The average Bonchev–Trinajstić information content (AvgIpc) is 2.14. The molecule has 1 aliphatic rings. The Kier molecular flexibility index (Phi) is 1.62. The van der Waals surface area contributed by atoms with Gasteiger partial charge in [0.15, 0.2) is 0 Å². The lowest BCUT2D eigenvalue weighted by Gasteiger charge is -2.01. The third kappa shape index (κ3) is 1.12. The molecule has 7 heavy (non-hydrogen) atoms. The fraction of sp³-hybridized carbons (Fsp3) is 0.750. The summed E-state index contributed by atoms with van der Waals surface area (Å²) in [6.45, 7) is 2.43. The van der Waals surface area contributed by atoms with E-state index < -0.39 is 0 Å². The molecule has 0 amide bonds. The molecule has 0 saturated carbocycles.